The number of piperidine rings is 1. The van der Waals surface area contributed by atoms with Crippen LogP contribution in [0.5, 0.6) is 0 Å². The highest BCUT2D eigenvalue weighted by molar-refractivity contribution is 7.89. The number of hydrogen-bond donors (Lipinski definition) is 1. The first-order valence-corrected chi connectivity index (χ1v) is 11.1. The normalized spacial score (nSPS) is 15.8. The topological polar surface area (TPSA) is 69.7 Å². The fourth-order valence-electron chi connectivity index (χ4n) is 3.65. The molecule has 0 bridgehead atoms. The number of benzene rings is 2. The fourth-order valence-corrected chi connectivity index (χ4v) is 5.20. The minimum Gasteiger partial charge on any atom is -0.377 e. The number of carbonyl (C=O) groups excluding carboxylic acids is 1. The second-order valence-electron chi connectivity index (χ2n) is 7.64. The lowest BCUT2D eigenvalue weighted by Gasteiger charge is -2.30. The van der Waals surface area contributed by atoms with Crippen LogP contribution in [0.25, 0.3) is 0 Å². The quantitative estimate of drug-likeness (QED) is 0.779. The molecule has 9 heteroatoms. The van der Waals surface area contributed by atoms with Crippen molar-refractivity contribution in [3.05, 3.63) is 53.6 Å². The Morgan fingerprint density at radius 2 is 1.77 bits per heavy atom. The summed E-state index contributed by atoms with van der Waals surface area (Å²) in [7, 11) is -0.275. The first-order chi connectivity index (χ1) is 14.1. The summed E-state index contributed by atoms with van der Waals surface area (Å²) in [6.07, 6.45) is 0.605. The van der Waals surface area contributed by atoms with Gasteiger partial charge in [-0.05, 0) is 61.7 Å². The van der Waals surface area contributed by atoms with Crippen LogP contribution in [0.1, 0.15) is 18.4 Å². The van der Waals surface area contributed by atoms with Gasteiger partial charge in [0.15, 0.2) is 0 Å². The highest BCUT2D eigenvalue weighted by Crippen LogP contribution is 2.27. The lowest BCUT2D eigenvalue weighted by Crippen LogP contribution is -2.41. The number of rotatable bonds is 5. The number of aryl methyl sites for hydroxylation is 1. The van der Waals surface area contributed by atoms with E-state index in [4.69, 9.17) is 0 Å². The van der Waals surface area contributed by atoms with E-state index >= 15 is 0 Å². The highest BCUT2D eigenvalue weighted by atomic mass is 32.2. The van der Waals surface area contributed by atoms with E-state index in [0.717, 1.165) is 27.7 Å². The second-order valence-corrected chi connectivity index (χ2v) is 9.54. The predicted octanol–water partition coefficient (Wildman–Crippen LogP) is 3.38. The van der Waals surface area contributed by atoms with Gasteiger partial charge in [-0.15, -0.1) is 0 Å². The van der Waals surface area contributed by atoms with Crippen LogP contribution in [0, 0.1) is 24.5 Å². The van der Waals surface area contributed by atoms with Gasteiger partial charge in [-0.25, -0.2) is 17.2 Å². The minimum atomic E-state index is -4.16. The number of amides is 1. The number of carbonyl (C=O) groups is 1. The number of anilines is 2. The zero-order valence-electron chi connectivity index (χ0n) is 17.2. The van der Waals surface area contributed by atoms with E-state index in [9.17, 15) is 22.0 Å². The van der Waals surface area contributed by atoms with E-state index in [1.165, 1.54) is 0 Å². The van der Waals surface area contributed by atoms with Crippen LogP contribution in [0.2, 0.25) is 0 Å². The summed E-state index contributed by atoms with van der Waals surface area (Å²) in [6.45, 7) is 2.09. The third-order valence-corrected chi connectivity index (χ3v) is 7.20. The van der Waals surface area contributed by atoms with Gasteiger partial charge in [-0.2, -0.15) is 4.31 Å². The minimum absolute atomic E-state index is 0.0645. The molecule has 1 aliphatic rings. The van der Waals surface area contributed by atoms with Crippen LogP contribution < -0.4 is 10.2 Å². The predicted molar refractivity (Wildman–Crippen MR) is 112 cm³/mol. The maximum Gasteiger partial charge on any atom is 0.246 e. The van der Waals surface area contributed by atoms with E-state index in [1.54, 1.807) is 0 Å². The molecule has 1 heterocycles. The molecule has 0 aliphatic carbocycles. The number of sulfonamides is 1. The van der Waals surface area contributed by atoms with Crippen LogP contribution >= 0.6 is 0 Å². The second kappa shape index (κ2) is 8.69. The van der Waals surface area contributed by atoms with Gasteiger partial charge in [-0.1, -0.05) is 0 Å². The highest BCUT2D eigenvalue weighted by Gasteiger charge is 2.33. The van der Waals surface area contributed by atoms with Crippen molar-refractivity contribution in [3.8, 4) is 0 Å². The summed E-state index contributed by atoms with van der Waals surface area (Å²) in [5.74, 6) is -2.35. The Labute approximate surface area is 175 Å². The van der Waals surface area contributed by atoms with Crippen LogP contribution in [0.15, 0.2) is 41.3 Å². The van der Waals surface area contributed by atoms with Crippen molar-refractivity contribution < 1.29 is 22.0 Å². The SMILES string of the molecule is Cc1cc(NC(=O)C2CCN(S(=O)(=O)c3cc(F)ccc3F)CC2)ccc1N(C)C. The summed E-state index contributed by atoms with van der Waals surface area (Å²) in [5, 5.41) is 2.89. The molecule has 2 aromatic rings. The van der Waals surface area contributed by atoms with Crippen molar-refractivity contribution >= 4 is 27.3 Å². The van der Waals surface area contributed by atoms with Gasteiger partial charge in [-0.3, -0.25) is 4.79 Å². The Kier molecular flexibility index (Phi) is 6.42. The average molecular weight is 438 g/mol. The molecule has 1 amide bonds. The monoisotopic (exact) mass is 437 g/mol. The van der Waals surface area contributed by atoms with E-state index in [2.05, 4.69) is 5.32 Å². The molecule has 0 aromatic heterocycles. The number of hydrogen-bond acceptors (Lipinski definition) is 4. The van der Waals surface area contributed by atoms with Gasteiger partial charge in [0.2, 0.25) is 15.9 Å². The molecular weight excluding hydrogens is 412 g/mol. The standard InChI is InChI=1S/C21H25F2N3O3S/c1-14-12-17(5-7-19(14)25(2)3)24-21(27)15-8-10-26(11-9-15)30(28,29)20-13-16(22)4-6-18(20)23/h4-7,12-13,15H,8-11H2,1-3H3,(H,24,27). The van der Waals surface area contributed by atoms with Crippen molar-refractivity contribution in [2.24, 2.45) is 5.92 Å². The molecule has 1 saturated heterocycles. The molecule has 0 saturated carbocycles. The Morgan fingerprint density at radius 1 is 1.10 bits per heavy atom. The maximum absolute atomic E-state index is 13.9. The zero-order chi connectivity index (χ0) is 22.1. The average Bonchev–Trinajstić information content (AvgIpc) is 2.69. The summed E-state index contributed by atoms with van der Waals surface area (Å²) in [5.41, 5.74) is 2.76. The third kappa shape index (κ3) is 4.62. The summed E-state index contributed by atoms with van der Waals surface area (Å²) < 4.78 is 53.8. The number of nitrogens with one attached hydrogen (secondary N) is 1. The van der Waals surface area contributed by atoms with Crippen molar-refractivity contribution in [2.75, 3.05) is 37.4 Å². The van der Waals surface area contributed by atoms with Crippen LogP contribution in [-0.2, 0) is 14.8 Å². The molecule has 162 valence electrons. The molecule has 0 atom stereocenters. The van der Waals surface area contributed by atoms with Crippen molar-refractivity contribution in [2.45, 2.75) is 24.7 Å². The summed E-state index contributed by atoms with van der Waals surface area (Å²) >= 11 is 0. The number of halogens is 2. The molecule has 1 aliphatic heterocycles. The van der Waals surface area contributed by atoms with E-state index in [-0.39, 0.29) is 24.9 Å². The van der Waals surface area contributed by atoms with Gasteiger partial charge in [0, 0.05) is 44.5 Å². The molecule has 3 rings (SSSR count). The van der Waals surface area contributed by atoms with Crippen molar-refractivity contribution in [1.29, 1.82) is 0 Å². The molecule has 1 fully saturated rings. The van der Waals surface area contributed by atoms with E-state index in [0.29, 0.717) is 24.6 Å². The van der Waals surface area contributed by atoms with Crippen molar-refractivity contribution in [1.82, 2.24) is 4.31 Å². The Morgan fingerprint density at radius 3 is 2.37 bits per heavy atom. The molecule has 0 spiro atoms. The molecular formula is C21H25F2N3O3S. The fraction of sp³-hybridized carbons (Fsp3) is 0.381. The molecule has 0 unspecified atom stereocenters. The first-order valence-electron chi connectivity index (χ1n) is 9.63. The van der Waals surface area contributed by atoms with Gasteiger partial charge >= 0.3 is 0 Å². The summed E-state index contributed by atoms with van der Waals surface area (Å²) in [6, 6.07) is 7.99. The van der Waals surface area contributed by atoms with Gasteiger partial charge < -0.3 is 10.2 Å². The molecule has 2 aromatic carbocycles. The Hall–Kier alpha value is -2.52. The summed E-state index contributed by atoms with van der Waals surface area (Å²) in [4.78, 5) is 13.9. The maximum atomic E-state index is 13.9. The van der Waals surface area contributed by atoms with E-state index in [1.807, 2.05) is 44.1 Å². The number of nitrogens with zero attached hydrogens (tertiary/aromatic N) is 2. The molecule has 0 radical (unpaired) electrons. The zero-order valence-corrected chi connectivity index (χ0v) is 18.0. The molecule has 6 nitrogen and oxygen atoms in total. The van der Waals surface area contributed by atoms with Gasteiger partial charge in [0.25, 0.3) is 0 Å². The molecule has 30 heavy (non-hydrogen) atoms. The Bertz CT molecular complexity index is 1050. The van der Waals surface area contributed by atoms with Crippen LogP contribution in [0.3, 0.4) is 0 Å². The van der Waals surface area contributed by atoms with Gasteiger partial charge in [0.05, 0.1) is 0 Å². The Balaban J connectivity index is 1.64. The lowest BCUT2D eigenvalue weighted by molar-refractivity contribution is -0.120. The van der Waals surface area contributed by atoms with Crippen LogP contribution in [-0.4, -0.2) is 45.8 Å². The lowest BCUT2D eigenvalue weighted by atomic mass is 9.97. The van der Waals surface area contributed by atoms with Gasteiger partial charge in [0.1, 0.15) is 16.5 Å². The van der Waals surface area contributed by atoms with E-state index < -0.39 is 26.6 Å². The smallest absolute Gasteiger partial charge is 0.246 e. The third-order valence-electron chi connectivity index (χ3n) is 5.28. The van der Waals surface area contributed by atoms with Crippen molar-refractivity contribution in [3.63, 3.8) is 0 Å². The first kappa shape index (κ1) is 22.2. The van der Waals surface area contributed by atoms with Crippen LogP contribution in [0.4, 0.5) is 20.2 Å². The molecule has 1 N–H and O–H groups in total. The largest absolute Gasteiger partial charge is 0.377 e.